The van der Waals surface area contributed by atoms with Gasteiger partial charge in [0.1, 0.15) is 18.2 Å². The molecule has 0 aliphatic carbocycles. The number of methoxy groups -OCH3 is 2. The van der Waals surface area contributed by atoms with E-state index in [1.165, 1.54) is 31.5 Å². The van der Waals surface area contributed by atoms with Gasteiger partial charge in [0.2, 0.25) is 0 Å². The number of ether oxygens (including phenoxy) is 3. The average molecular weight is 501 g/mol. The lowest BCUT2D eigenvalue weighted by atomic mass is 10.1. The highest BCUT2D eigenvalue weighted by molar-refractivity contribution is 7.90. The molecule has 1 heterocycles. The zero-order valence-corrected chi connectivity index (χ0v) is 20.8. The van der Waals surface area contributed by atoms with Gasteiger partial charge in [-0.05, 0) is 42.9 Å². The quantitative estimate of drug-likeness (QED) is 0.320. The second-order valence-electron chi connectivity index (χ2n) is 7.67. The largest absolute Gasteiger partial charge is 0.493 e. The summed E-state index contributed by atoms with van der Waals surface area (Å²) >= 11 is 0. The van der Waals surface area contributed by atoms with Crippen molar-refractivity contribution in [3.05, 3.63) is 71.7 Å². The highest BCUT2D eigenvalue weighted by atomic mass is 32.2. The van der Waals surface area contributed by atoms with E-state index in [0.29, 0.717) is 43.1 Å². The Labute approximate surface area is 205 Å². The molecule has 0 saturated carbocycles. The van der Waals surface area contributed by atoms with E-state index in [-0.39, 0.29) is 22.8 Å². The SMILES string of the molecule is CNCc1cc(-c2ccccc2F)n(S(=O)(=O)c2cc(C#CCOC)cc(OCCCOC)c2)c1. The molecular weight excluding hydrogens is 471 g/mol. The fourth-order valence-electron chi connectivity index (χ4n) is 3.46. The van der Waals surface area contributed by atoms with E-state index in [1.54, 1.807) is 44.5 Å². The molecule has 35 heavy (non-hydrogen) atoms. The molecule has 2 aromatic carbocycles. The summed E-state index contributed by atoms with van der Waals surface area (Å²) in [5.41, 5.74) is 1.57. The minimum atomic E-state index is -4.12. The summed E-state index contributed by atoms with van der Waals surface area (Å²) < 4.78 is 59.2. The van der Waals surface area contributed by atoms with Crippen LogP contribution in [0, 0.1) is 17.7 Å². The Bertz CT molecular complexity index is 1310. The fraction of sp³-hybridized carbons (Fsp3) is 0.308. The number of rotatable bonds is 11. The fourth-order valence-corrected chi connectivity index (χ4v) is 4.91. The number of halogens is 1. The van der Waals surface area contributed by atoms with Crippen LogP contribution in [0.15, 0.2) is 59.6 Å². The van der Waals surface area contributed by atoms with Crippen LogP contribution in [-0.4, -0.2) is 53.5 Å². The van der Waals surface area contributed by atoms with Crippen molar-refractivity contribution < 1.29 is 27.0 Å². The van der Waals surface area contributed by atoms with Gasteiger partial charge in [0, 0.05) is 57.2 Å². The van der Waals surface area contributed by atoms with E-state index < -0.39 is 15.8 Å². The summed E-state index contributed by atoms with van der Waals surface area (Å²) in [6.07, 6.45) is 2.14. The van der Waals surface area contributed by atoms with Crippen LogP contribution >= 0.6 is 0 Å². The smallest absolute Gasteiger partial charge is 0.268 e. The van der Waals surface area contributed by atoms with Gasteiger partial charge in [-0.3, -0.25) is 0 Å². The van der Waals surface area contributed by atoms with Crippen LogP contribution in [-0.2, 0) is 26.0 Å². The van der Waals surface area contributed by atoms with Crippen molar-refractivity contribution in [3.8, 4) is 28.8 Å². The molecule has 3 rings (SSSR count). The first-order valence-electron chi connectivity index (χ1n) is 11.0. The summed E-state index contributed by atoms with van der Waals surface area (Å²) in [6, 6.07) is 12.3. The molecule has 0 atom stereocenters. The molecular formula is C26H29FN2O5S. The van der Waals surface area contributed by atoms with Crippen molar-refractivity contribution in [3.63, 3.8) is 0 Å². The molecule has 0 aliphatic heterocycles. The number of hydrogen-bond acceptors (Lipinski definition) is 6. The average Bonchev–Trinajstić information content (AvgIpc) is 3.27. The number of nitrogens with one attached hydrogen (secondary N) is 1. The molecule has 186 valence electrons. The molecule has 0 bridgehead atoms. The van der Waals surface area contributed by atoms with Crippen molar-refractivity contribution in [2.24, 2.45) is 0 Å². The van der Waals surface area contributed by atoms with E-state index >= 15 is 0 Å². The number of aromatic nitrogens is 1. The number of nitrogens with zero attached hydrogens (tertiary/aromatic N) is 1. The van der Waals surface area contributed by atoms with E-state index in [2.05, 4.69) is 17.2 Å². The third kappa shape index (κ3) is 6.71. The summed E-state index contributed by atoms with van der Waals surface area (Å²) in [4.78, 5) is -0.0207. The molecule has 0 saturated heterocycles. The van der Waals surface area contributed by atoms with Gasteiger partial charge in [-0.15, -0.1) is 0 Å². The monoisotopic (exact) mass is 500 g/mol. The first kappa shape index (κ1) is 26.4. The lowest BCUT2D eigenvalue weighted by Crippen LogP contribution is -2.14. The molecule has 0 spiro atoms. The van der Waals surface area contributed by atoms with Gasteiger partial charge >= 0.3 is 0 Å². The maximum Gasteiger partial charge on any atom is 0.268 e. The van der Waals surface area contributed by atoms with Gasteiger partial charge in [-0.2, -0.15) is 0 Å². The van der Waals surface area contributed by atoms with E-state index in [9.17, 15) is 12.8 Å². The summed E-state index contributed by atoms with van der Waals surface area (Å²) in [7, 11) is 0.757. The lowest BCUT2D eigenvalue weighted by Gasteiger charge is -2.13. The van der Waals surface area contributed by atoms with Crippen LogP contribution in [0.1, 0.15) is 17.5 Å². The molecule has 0 unspecified atom stereocenters. The lowest BCUT2D eigenvalue weighted by molar-refractivity contribution is 0.172. The van der Waals surface area contributed by atoms with Crippen molar-refractivity contribution in [2.45, 2.75) is 17.9 Å². The Morgan fingerprint density at radius 1 is 1.06 bits per heavy atom. The second kappa shape index (κ2) is 12.5. The van der Waals surface area contributed by atoms with Crippen LogP contribution in [0.4, 0.5) is 4.39 Å². The third-order valence-corrected chi connectivity index (χ3v) is 6.67. The minimum absolute atomic E-state index is 0.0207. The maximum absolute atomic E-state index is 14.7. The Hall–Kier alpha value is -3.16. The zero-order chi connectivity index (χ0) is 25.3. The van der Waals surface area contributed by atoms with Crippen molar-refractivity contribution in [1.29, 1.82) is 0 Å². The highest BCUT2D eigenvalue weighted by Gasteiger charge is 2.24. The Kier molecular flexibility index (Phi) is 9.46. The molecule has 3 aromatic rings. The molecule has 0 radical (unpaired) electrons. The standard InChI is InChI=1S/C26H29FN2O5S/c1-28-18-21-16-26(24-9-4-5-10-25(24)27)29(19-21)35(30,31)23-15-20(8-6-11-32-2)14-22(17-23)34-13-7-12-33-3/h4-5,9-10,14-17,19,28H,7,11-13,18H2,1-3H3. The summed E-state index contributed by atoms with van der Waals surface area (Å²) in [5, 5.41) is 3.00. The molecule has 0 amide bonds. The second-order valence-corrected chi connectivity index (χ2v) is 9.48. The first-order chi connectivity index (χ1) is 16.9. The highest BCUT2D eigenvalue weighted by Crippen LogP contribution is 2.30. The Morgan fingerprint density at radius 2 is 1.86 bits per heavy atom. The van der Waals surface area contributed by atoms with Gasteiger partial charge in [-0.25, -0.2) is 16.8 Å². The minimum Gasteiger partial charge on any atom is -0.493 e. The van der Waals surface area contributed by atoms with Gasteiger partial charge in [0.25, 0.3) is 10.0 Å². The van der Waals surface area contributed by atoms with Crippen LogP contribution in [0.3, 0.4) is 0 Å². The molecule has 9 heteroatoms. The molecule has 1 N–H and O–H groups in total. The molecule has 1 aromatic heterocycles. The van der Waals surface area contributed by atoms with E-state index in [4.69, 9.17) is 14.2 Å². The van der Waals surface area contributed by atoms with Crippen LogP contribution in [0.5, 0.6) is 5.75 Å². The molecule has 0 fully saturated rings. The van der Waals surface area contributed by atoms with Crippen molar-refractivity contribution >= 4 is 10.0 Å². The molecule has 7 nitrogen and oxygen atoms in total. The van der Waals surface area contributed by atoms with E-state index in [0.717, 1.165) is 3.97 Å². The topological polar surface area (TPSA) is 78.8 Å². The predicted molar refractivity (Wildman–Crippen MR) is 132 cm³/mol. The van der Waals surface area contributed by atoms with Crippen LogP contribution in [0.25, 0.3) is 11.3 Å². The number of benzene rings is 2. The van der Waals surface area contributed by atoms with Gasteiger partial charge in [0.05, 0.1) is 17.2 Å². The summed E-state index contributed by atoms with van der Waals surface area (Å²) in [6.45, 7) is 1.48. The number of hydrogen-bond donors (Lipinski definition) is 1. The maximum atomic E-state index is 14.7. The van der Waals surface area contributed by atoms with Crippen molar-refractivity contribution in [1.82, 2.24) is 9.29 Å². The Morgan fingerprint density at radius 3 is 2.57 bits per heavy atom. The van der Waals surface area contributed by atoms with Crippen LogP contribution < -0.4 is 10.1 Å². The first-order valence-corrected chi connectivity index (χ1v) is 12.5. The van der Waals surface area contributed by atoms with E-state index in [1.807, 2.05) is 0 Å². The third-order valence-electron chi connectivity index (χ3n) is 5.02. The predicted octanol–water partition coefficient (Wildman–Crippen LogP) is 3.66. The van der Waals surface area contributed by atoms with Crippen molar-refractivity contribution in [2.75, 3.05) is 41.1 Å². The Balaban J connectivity index is 2.12. The van der Waals surface area contributed by atoms with Gasteiger partial charge in [-0.1, -0.05) is 24.0 Å². The van der Waals surface area contributed by atoms with Crippen LogP contribution in [0.2, 0.25) is 0 Å². The normalized spacial score (nSPS) is 11.2. The van der Waals surface area contributed by atoms with Gasteiger partial charge in [0.15, 0.2) is 0 Å². The summed E-state index contributed by atoms with van der Waals surface area (Å²) in [5.74, 6) is 5.59. The molecule has 0 aliphatic rings. The van der Waals surface area contributed by atoms with Gasteiger partial charge < -0.3 is 19.5 Å². The zero-order valence-electron chi connectivity index (χ0n) is 20.0.